The van der Waals surface area contributed by atoms with Crippen molar-refractivity contribution in [3.8, 4) is 5.75 Å². The van der Waals surface area contributed by atoms with Crippen molar-refractivity contribution in [1.29, 1.82) is 0 Å². The summed E-state index contributed by atoms with van der Waals surface area (Å²) in [5, 5.41) is 19.5. The number of hydrogen-bond donors (Lipinski definition) is 2. The number of benzene rings is 2. The van der Waals surface area contributed by atoms with Crippen LogP contribution in [0.5, 0.6) is 5.75 Å². The van der Waals surface area contributed by atoms with Crippen molar-refractivity contribution >= 4 is 0 Å². The Morgan fingerprint density at radius 1 is 1.05 bits per heavy atom. The molecule has 0 saturated heterocycles. The maximum atomic E-state index is 10.1. The van der Waals surface area contributed by atoms with Crippen molar-refractivity contribution in [2.24, 2.45) is 0 Å². The fraction of sp³-hybridized carbons (Fsp3) is 0.250. The molecule has 100 valence electrons. The molecule has 0 amide bonds. The van der Waals surface area contributed by atoms with Gasteiger partial charge in [-0.1, -0.05) is 42.5 Å². The lowest BCUT2D eigenvalue weighted by Crippen LogP contribution is -2.24. The fourth-order valence-corrected chi connectivity index (χ4v) is 2.09. The van der Waals surface area contributed by atoms with Gasteiger partial charge < -0.3 is 10.2 Å². The van der Waals surface area contributed by atoms with E-state index in [1.165, 1.54) is 5.56 Å². The molecule has 1 unspecified atom stereocenters. The molecule has 0 spiro atoms. The predicted molar refractivity (Wildman–Crippen MR) is 75.8 cm³/mol. The third-order valence-corrected chi connectivity index (χ3v) is 3.03. The number of phenolic OH excluding ortho intramolecular Hbond substituents is 1. The first-order valence-corrected chi connectivity index (χ1v) is 6.34. The zero-order valence-electron chi connectivity index (χ0n) is 11.0. The molecule has 2 N–H and O–H groups in total. The number of hydrogen-bond acceptors (Lipinski definition) is 3. The van der Waals surface area contributed by atoms with Gasteiger partial charge in [0, 0.05) is 13.1 Å². The first-order valence-electron chi connectivity index (χ1n) is 6.34. The second-order valence-electron chi connectivity index (χ2n) is 4.79. The van der Waals surface area contributed by atoms with Crippen LogP contribution in [0.25, 0.3) is 0 Å². The average molecular weight is 257 g/mol. The van der Waals surface area contributed by atoms with Crippen LogP contribution in [0.4, 0.5) is 0 Å². The van der Waals surface area contributed by atoms with Gasteiger partial charge in [0.05, 0.1) is 6.10 Å². The molecule has 0 aliphatic carbocycles. The third-order valence-electron chi connectivity index (χ3n) is 3.03. The molecule has 0 fully saturated rings. The number of aliphatic hydroxyl groups excluding tert-OH is 1. The Balaban J connectivity index is 1.93. The lowest BCUT2D eigenvalue weighted by Gasteiger charge is -2.21. The van der Waals surface area contributed by atoms with Crippen molar-refractivity contribution in [3.05, 3.63) is 65.7 Å². The van der Waals surface area contributed by atoms with Gasteiger partial charge >= 0.3 is 0 Å². The topological polar surface area (TPSA) is 43.7 Å². The summed E-state index contributed by atoms with van der Waals surface area (Å²) in [6.07, 6.45) is -0.596. The first-order chi connectivity index (χ1) is 9.15. The monoisotopic (exact) mass is 257 g/mol. The highest BCUT2D eigenvalue weighted by atomic mass is 16.3. The minimum atomic E-state index is -0.596. The van der Waals surface area contributed by atoms with Crippen LogP contribution >= 0.6 is 0 Å². The van der Waals surface area contributed by atoms with Gasteiger partial charge in [-0.15, -0.1) is 0 Å². The van der Waals surface area contributed by atoms with E-state index in [1.807, 2.05) is 31.3 Å². The summed E-state index contributed by atoms with van der Waals surface area (Å²) in [5.74, 6) is 0.183. The fourth-order valence-electron chi connectivity index (χ4n) is 2.09. The van der Waals surface area contributed by atoms with Crippen LogP contribution in [0.2, 0.25) is 0 Å². The van der Waals surface area contributed by atoms with Crippen molar-refractivity contribution in [2.45, 2.75) is 12.6 Å². The Labute approximate surface area is 113 Å². The van der Waals surface area contributed by atoms with Crippen molar-refractivity contribution < 1.29 is 10.2 Å². The number of aromatic hydroxyl groups is 1. The van der Waals surface area contributed by atoms with Crippen LogP contribution in [-0.4, -0.2) is 28.7 Å². The van der Waals surface area contributed by atoms with E-state index in [2.05, 4.69) is 17.0 Å². The molecule has 0 aliphatic rings. The Morgan fingerprint density at radius 3 is 2.47 bits per heavy atom. The molecule has 3 nitrogen and oxygen atoms in total. The zero-order valence-corrected chi connectivity index (χ0v) is 11.0. The Hall–Kier alpha value is -1.84. The highest BCUT2D eigenvalue weighted by Crippen LogP contribution is 2.19. The number of likely N-dealkylation sites (N-methyl/N-ethyl adjacent to an activating group) is 1. The Morgan fingerprint density at radius 2 is 1.79 bits per heavy atom. The van der Waals surface area contributed by atoms with Crippen LogP contribution < -0.4 is 0 Å². The minimum Gasteiger partial charge on any atom is -0.508 e. The number of aliphatic hydroxyl groups is 1. The summed E-state index contributed by atoms with van der Waals surface area (Å²) in [5.41, 5.74) is 1.95. The molecule has 0 radical (unpaired) electrons. The average Bonchev–Trinajstić information content (AvgIpc) is 2.39. The highest BCUT2D eigenvalue weighted by molar-refractivity contribution is 5.28. The van der Waals surface area contributed by atoms with Crippen molar-refractivity contribution in [1.82, 2.24) is 4.90 Å². The molecule has 0 bridgehead atoms. The molecule has 2 aromatic carbocycles. The molecule has 0 heterocycles. The van der Waals surface area contributed by atoms with E-state index in [0.717, 1.165) is 12.1 Å². The van der Waals surface area contributed by atoms with Gasteiger partial charge in [0.15, 0.2) is 0 Å². The van der Waals surface area contributed by atoms with Crippen LogP contribution in [0.1, 0.15) is 17.2 Å². The lowest BCUT2D eigenvalue weighted by atomic mass is 10.1. The van der Waals surface area contributed by atoms with Crippen LogP contribution in [-0.2, 0) is 6.54 Å². The maximum Gasteiger partial charge on any atom is 0.115 e. The van der Waals surface area contributed by atoms with Gasteiger partial charge in [0.1, 0.15) is 5.75 Å². The van der Waals surface area contributed by atoms with E-state index in [1.54, 1.807) is 18.2 Å². The van der Waals surface area contributed by atoms with Gasteiger partial charge in [-0.2, -0.15) is 0 Å². The summed E-state index contributed by atoms with van der Waals surface area (Å²) in [6, 6.07) is 16.9. The minimum absolute atomic E-state index is 0.183. The maximum absolute atomic E-state index is 10.1. The molecular formula is C16H19NO2. The molecule has 0 aromatic heterocycles. The van der Waals surface area contributed by atoms with E-state index in [-0.39, 0.29) is 5.75 Å². The zero-order chi connectivity index (χ0) is 13.7. The number of rotatable bonds is 5. The molecular weight excluding hydrogens is 238 g/mol. The normalized spacial score (nSPS) is 12.6. The number of nitrogens with zero attached hydrogens (tertiary/aromatic N) is 1. The van der Waals surface area contributed by atoms with Crippen LogP contribution in [0, 0.1) is 0 Å². The van der Waals surface area contributed by atoms with E-state index < -0.39 is 6.10 Å². The van der Waals surface area contributed by atoms with E-state index in [0.29, 0.717) is 6.54 Å². The van der Waals surface area contributed by atoms with Gasteiger partial charge in [0.2, 0.25) is 0 Å². The molecule has 0 aliphatic heterocycles. The summed E-state index contributed by atoms with van der Waals surface area (Å²) in [7, 11) is 1.97. The summed E-state index contributed by atoms with van der Waals surface area (Å²) < 4.78 is 0. The standard InChI is InChI=1S/C16H19NO2/c1-17(11-13-6-3-2-4-7-13)12-16(19)14-8-5-9-15(18)10-14/h2-10,16,18-19H,11-12H2,1H3. The largest absolute Gasteiger partial charge is 0.508 e. The molecule has 3 heteroatoms. The van der Waals surface area contributed by atoms with E-state index in [9.17, 15) is 10.2 Å². The van der Waals surface area contributed by atoms with E-state index >= 15 is 0 Å². The highest BCUT2D eigenvalue weighted by Gasteiger charge is 2.11. The lowest BCUT2D eigenvalue weighted by molar-refractivity contribution is 0.123. The van der Waals surface area contributed by atoms with E-state index in [4.69, 9.17) is 0 Å². The molecule has 0 saturated carbocycles. The summed E-state index contributed by atoms with van der Waals surface area (Å²) in [4.78, 5) is 2.06. The second kappa shape index (κ2) is 6.36. The third kappa shape index (κ3) is 4.09. The van der Waals surface area contributed by atoms with Gasteiger partial charge in [-0.3, -0.25) is 4.90 Å². The first kappa shape index (κ1) is 13.6. The van der Waals surface area contributed by atoms with Crippen LogP contribution in [0.15, 0.2) is 54.6 Å². The van der Waals surface area contributed by atoms with Gasteiger partial charge in [-0.05, 0) is 30.3 Å². The van der Waals surface area contributed by atoms with Crippen LogP contribution in [0.3, 0.4) is 0 Å². The molecule has 2 aromatic rings. The predicted octanol–water partition coefficient (Wildman–Crippen LogP) is 2.56. The molecule has 2 rings (SSSR count). The number of phenols is 1. The molecule has 1 atom stereocenters. The quantitative estimate of drug-likeness (QED) is 0.865. The molecule has 19 heavy (non-hydrogen) atoms. The Kier molecular flexibility index (Phi) is 4.55. The van der Waals surface area contributed by atoms with Gasteiger partial charge in [0.25, 0.3) is 0 Å². The summed E-state index contributed by atoms with van der Waals surface area (Å²) >= 11 is 0. The smallest absolute Gasteiger partial charge is 0.115 e. The second-order valence-corrected chi connectivity index (χ2v) is 4.79. The summed E-state index contributed by atoms with van der Waals surface area (Å²) in [6.45, 7) is 1.31. The van der Waals surface area contributed by atoms with Crippen molar-refractivity contribution in [2.75, 3.05) is 13.6 Å². The van der Waals surface area contributed by atoms with Crippen molar-refractivity contribution in [3.63, 3.8) is 0 Å². The SMILES string of the molecule is CN(Cc1ccccc1)CC(O)c1cccc(O)c1. The Bertz CT molecular complexity index is 513. The van der Waals surface area contributed by atoms with Gasteiger partial charge in [-0.25, -0.2) is 0 Å².